The largest absolute Gasteiger partial charge is 0.496 e. The molecule has 0 aliphatic rings. The van der Waals surface area contributed by atoms with Crippen LogP contribution in [-0.2, 0) is 6.42 Å². The van der Waals surface area contributed by atoms with Crippen molar-refractivity contribution in [2.75, 3.05) is 7.11 Å². The second kappa shape index (κ2) is 5.40. The number of hydrogen-bond acceptors (Lipinski definition) is 3. The molecular weight excluding hydrogens is 240 g/mol. The van der Waals surface area contributed by atoms with Crippen LogP contribution in [0, 0.1) is 18.3 Å². The third-order valence-electron chi connectivity index (χ3n) is 3.01. The van der Waals surface area contributed by atoms with E-state index in [-0.39, 0.29) is 5.56 Å². The molecule has 1 aromatic carbocycles. The molecule has 0 radical (unpaired) electrons. The van der Waals surface area contributed by atoms with E-state index in [9.17, 15) is 4.79 Å². The quantitative estimate of drug-likeness (QED) is 0.912. The molecule has 1 aromatic heterocycles. The van der Waals surface area contributed by atoms with Gasteiger partial charge in [0.15, 0.2) is 0 Å². The van der Waals surface area contributed by atoms with Gasteiger partial charge >= 0.3 is 0 Å². The molecule has 0 aliphatic heterocycles. The fraction of sp³-hybridized carbons (Fsp3) is 0.200. The Bertz CT molecular complexity index is 696. The van der Waals surface area contributed by atoms with Crippen molar-refractivity contribution in [2.24, 2.45) is 0 Å². The van der Waals surface area contributed by atoms with Gasteiger partial charge in [-0.2, -0.15) is 5.26 Å². The molecule has 0 aliphatic carbocycles. The van der Waals surface area contributed by atoms with Gasteiger partial charge in [0.05, 0.1) is 12.7 Å². The molecule has 0 spiro atoms. The molecule has 0 unspecified atom stereocenters. The number of H-pyrrole nitrogens is 1. The lowest BCUT2D eigenvalue weighted by Crippen LogP contribution is -2.15. The lowest BCUT2D eigenvalue weighted by molar-refractivity contribution is 0.410. The number of aromatic amines is 1. The first-order valence-corrected chi connectivity index (χ1v) is 5.90. The van der Waals surface area contributed by atoms with Gasteiger partial charge in [-0.3, -0.25) is 4.79 Å². The van der Waals surface area contributed by atoms with Gasteiger partial charge in [-0.1, -0.05) is 18.2 Å². The van der Waals surface area contributed by atoms with E-state index in [0.29, 0.717) is 23.2 Å². The molecule has 0 amide bonds. The lowest BCUT2D eigenvalue weighted by atomic mass is 10.0. The zero-order valence-corrected chi connectivity index (χ0v) is 10.9. The van der Waals surface area contributed by atoms with Crippen LogP contribution >= 0.6 is 0 Å². The maximum absolute atomic E-state index is 11.9. The van der Waals surface area contributed by atoms with Crippen molar-refractivity contribution in [3.63, 3.8) is 0 Å². The second-order valence-corrected chi connectivity index (χ2v) is 4.26. The molecule has 19 heavy (non-hydrogen) atoms. The molecule has 0 saturated heterocycles. The Morgan fingerprint density at radius 2 is 2.05 bits per heavy atom. The van der Waals surface area contributed by atoms with Crippen LogP contribution in [0.3, 0.4) is 0 Å². The van der Waals surface area contributed by atoms with Crippen LogP contribution in [0.2, 0.25) is 0 Å². The van der Waals surface area contributed by atoms with E-state index in [1.165, 1.54) is 0 Å². The fourth-order valence-corrected chi connectivity index (χ4v) is 1.97. The number of para-hydroxylation sites is 1. The average Bonchev–Trinajstić information content (AvgIpc) is 2.42. The number of nitrogens with one attached hydrogen (secondary N) is 1. The van der Waals surface area contributed by atoms with Gasteiger partial charge in [-0.25, -0.2) is 0 Å². The number of aryl methyl sites for hydroxylation is 1. The highest BCUT2D eigenvalue weighted by molar-refractivity contribution is 5.40. The van der Waals surface area contributed by atoms with E-state index in [2.05, 4.69) is 11.1 Å². The summed E-state index contributed by atoms with van der Waals surface area (Å²) in [5.41, 5.74) is 2.40. The number of aromatic nitrogens is 1. The number of nitrogens with zero attached hydrogens (tertiary/aromatic N) is 1. The number of ether oxygens (including phenoxy) is 1. The molecule has 2 aromatic rings. The van der Waals surface area contributed by atoms with Crippen molar-refractivity contribution in [3.05, 3.63) is 63.1 Å². The smallest absolute Gasteiger partial charge is 0.251 e. The summed E-state index contributed by atoms with van der Waals surface area (Å²) in [5, 5.41) is 9.00. The van der Waals surface area contributed by atoms with Gasteiger partial charge in [0, 0.05) is 17.7 Å². The normalized spacial score (nSPS) is 9.95. The van der Waals surface area contributed by atoms with Crippen LogP contribution in [0.15, 0.2) is 35.1 Å². The summed E-state index contributed by atoms with van der Waals surface area (Å²) in [6.07, 6.45) is 0.439. The van der Waals surface area contributed by atoms with E-state index < -0.39 is 0 Å². The summed E-state index contributed by atoms with van der Waals surface area (Å²) < 4.78 is 5.26. The minimum atomic E-state index is -0.164. The van der Waals surface area contributed by atoms with Crippen molar-refractivity contribution in [3.8, 4) is 11.8 Å². The molecule has 0 atom stereocenters. The van der Waals surface area contributed by atoms with Crippen molar-refractivity contribution in [2.45, 2.75) is 13.3 Å². The van der Waals surface area contributed by atoms with Crippen LogP contribution in [-0.4, -0.2) is 12.1 Å². The fourth-order valence-electron chi connectivity index (χ4n) is 1.97. The van der Waals surface area contributed by atoms with Crippen molar-refractivity contribution in [1.29, 1.82) is 5.26 Å². The Labute approximate surface area is 111 Å². The average molecular weight is 254 g/mol. The summed E-state index contributed by atoms with van der Waals surface area (Å²) in [5.74, 6) is 0.737. The number of nitriles is 1. The SMILES string of the molecule is COc1ccccc1Cc1cc(C#N)c(C)[nH]c1=O. The maximum Gasteiger partial charge on any atom is 0.251 e. The Balaban J connectivity index is 2.44. The molecule has 4 nitrogen and oxygen atoms in total. The Morgan fingerprint density at radius 3 is 2.74 bits per heavy atom. The number of hydrogen-bond donors (Lipinski definition) is 1. The van der Waals surface area contributed by atoms with Crippen molar-refractivity contribution >= 4 is 0 Å². The summed E-state index contributed by atoms with van der Waals surface area (Å²) in [6.45, 7) is 1.72. The molecule has 96 valence electrons. The summed E-state index contributed by atoms with van der Waals surface area (Å²) in [4.78, 5) is 14.6. The Kier molecular flexibility index (Phi) is 3.67. The highest BCUT2D eigenvalue weighted by Crippen LogP contribution is 2.20. The predicted molar refractivity (Wildman–Crippen MR) is 72.3 cm³/mol. The van der Waals surface area contributed by atoms with Gasteiger partial charge < -0.3 is 9.72 Å². The van der Waals surface area contributed by atoms with E-state index >= 15 is 0 Å². The predicted octanol–water partition coefficient (Wildman–Crippen LogP) is 2.15. The molecule has 2 rings (SSSR count). The van der Waals surface area contributed by atoms with Crippen LogP contribution in [0.25, 0.3) is 0 Å². The highest BCUT2D eigenvalue weighted by atomic mass is 16.5. The van der Waals surface area contributed by atoms with Crippen LogP contribution in [0.5, 0.6) is 5.75 Å². The molecule has 0 fully saturated rings. The Morgan fingerprint density at radius 1 is 1.32 bits per heavy atom. The molecule has 0 bridgehead atoms. The zero-order valence-electron chi connectivity index (χ0n) is 10.9. The molecular formula is C15H14N2O2. The minimum Gasteiger partial charge on any atom is -0.496 e. The summed E-state index contributed by atoms with van der Waals surface area (Å²) in [7, 11) is 1.60. The molecule has 1 heterocycles. The van der Waals surface area contributed by atoms with Crippen molar-refractivity contribution in [1.82, 2.24) is 4.98 Å². The lowest BCUT2D eigenvalue weighted by Gasteiger charge is -2.08. The first-order valence-electron chi connectivity index (χ1n) is 5.90. The molecule has 4 heteroatoms. The number of methoxy groups -OCH3 is 1. The van der Waals surface area contributed by atoms with Gasteiger partial charge in [0.25, 0.3) is 5.56 Å². The minimum absolute atomic E-state index is 0.164. The van der Waals surface area contributed by atoms with Crippen LogP contribution in [0.1, 0.15) is 22.4 Å². The van der Waals surface area contributed by atoms with Gasteiger partial charge in [0.1, 0.15) is 11.8 Å². The van der Waals surface area contributed by atoms with E-state index in [0.717, 1.165) is 11.3 Å². The number of benzene rings is 1. The van der Waals surface area contributed by atoms with E-state index in [4.69, 9.17) is 10.00 Å². The highest BCUT2D eigenvalue weighted by Gasteiger charge is 2.09. The van der Waals surface area contributed by atoms with Crippen LogP contribution < -0.4 is 10.3 Å². The third kappa shape index (κ3) is 2.66. The first kappa shape index (κ1) is 12.9. The Hall–Kier alpha value is -2.54. The maximum atomic E-state index is 11.9. The van der Waals surface area contributed by atoms with Crippen LogP contribution in [0.4, 0.5) is 0 Å². The van der Waals surface area contributed by atoms with E-state index in [1.807, 2.05) is 24.3 Å². The number of pyridine rings is 1. The molecule has 1 N–H and O–H groups in total. The van der Waals surface area contributed by atoms with Crippen molar-refractivity contribution < 1.29 is 4.74 Å². The second-order valence-electron chi connectivity index (χ2n) is 4.26. The third-order valence-corrected chi connectivity index (χ3v) is 3.01. The monoisotopic (exact) mass is 254 g/mol. The molecule has 0 saturated carbocycles. The van der Waals surface area contributed by atoms with Gasteiger partial charge in [-0.15, -0.1) is 0 Å². The zero-order chi connectivity index (χ0) is 13.8. The van der Waals surface area contributed by atoms with Gasteiger partial charge in [0.2, 0.25) is 0 Å². The topological polar surface area (TPSA) is 65.9 Å². The van der Waals surface area contributed by atoms with Gasteiger partial charge in [-0.05, 0) is 24.6 Å². The summed E-state index contributed by atoms with van der Waals surface area (Å²) in [6, 6.07) is 11.2. The van der Waals surface area contributed by atoms with E-state index in [1.54, 1.807) is 20.1 Å². The summed E-state index contributed by atoms with van der Waals surface area (Å²) >= 11 is 0. The first-order chi connectivity index (χ1) is 9.15. The standard InChI is InChI=1S/C15H14N2O2/c1-10-13(9-16)8-12(15(18)17-10)7-11-5-3-4-6-14(11)19-2/h3-6,8H,7H2,1-2H3,(H,17,18). The number of rotatable bonds is 3.